The van der Waals surface area contributed by atoms with Crippen molar-refractivity contribution in [3.05, 3.63) is 40.1 Å². The minimum atomic E-state index is -5.08. The molecule has 2 aromatic heterocycles. The molecule has 0 spiro atoms. The molecule has 1 aliphatic rings. The zero-order valence-electron chi connectivity index (χ0n) is 15.1. The summed E-state index contributed by atoms with van der Waals surface area (Å²) in [7, 11) is 0. The normalized spacial score (nSPS) is 14.7. The van der Waals surface area contributed by atoms with Crippen molar-refractivity contribution in [2.24, 2.45) is 0 Å². The number of aryl methyl sites for hydroxylation is 1. The highest BCUT2D eigenvalue weighted by atomic mass is 32.1. The molecular weight excluding hydrogens is 399 g/mol. The molecule has 0 atom stereocenters. The van der Waals surface area contributed by atoms with E-state index in [0.29, 0.717) is 13.2 Å². The molecule has 0 amide bonds. The largest absolute Gasteiger partial charge is 0.490 e. The molecule has 156 valence electrons. The number of nitrogens with zero attached hydrogens (tertiary/aromatic N) is 3. The lowest BCUT2D eigenvalue weighted by molar-refractivity contribution is -0.192. The van der Waals surface area contributed by atoms with Gasteiger partial charge in [0, 0.05) is 31.1 Å². The Kier molecular flexibility index (Phi) is 8.42. The minimum absolute atomic E-state index is 0.0561. The van der Waals surface area contributed by atoms with E-state index in [4.69, 9.17) is 19.7 Å². The number of aromatic nitrogens is 2. The summed E-state index contributed by atoms with van der Waals surface area (Å²) < 4.78 is 39.4. The number of hydrogen-bond acceptors (Lipinski definition) is 6. The van der Waals surface area contributed by atoms with E-state index in [1.807, 2.05) is 17.7 Å². The third-order valence-electron chi connectivity index (χ3n) is 3.96. The van der Waals surface area contributed by atoms with Gasteiger partial charge in [-0.05, 0) is 17.9 Å². The lowest BCUT2D eigenvalue weighted by Gasteiger charge is -2.19. The molecule has 2 N–H and O–H groups in total. The van der Waals surface area contributed by atoms with E-state index in [0.717, 1.165) is 38.3 Å². The number of fused-ring (bicyclic) bond motifs is 1. The Morgan fingerprint density at radius 3 is 2.71 bits per heavy atom. The zero-order valence-corrected chi connectivity index (χ0v) is 15.9. The summed E-state index contributed by atoms with van der Waals surface area (Å²) in [6.07, 6.45) is -2.02. The maximum atomic E-state index is 10.6. The Labute approximate surface area is 164 Å². The van der Waals surface area contributed by atoms with E-state index in [2.05, 4.69) is 32.0 Å². The first-order valence-electron chi connectivity index (χ1n) is 8.57. The molecule has 0 saturated carbocycles. The van der Waals surface area contributed by atoms with Gasteiger partial charge in [0.05, 0.1) is 37.5 Å². The van der Waals surface area contributed by atoms with Crippen LogP contribution in [-0.2, 0) is 35.8 Å². The second kappa shape index (κ2) is 10.6. The topological polar surface area (TPSA) is 87.8 Å². The maximum absolute atomic E-state index is 10.6. The van der Waals surface area contributed by atoms with Gasteiger partial charge in [0.1, 0.15) is 0 Å². The molecule has 28 heavy (non-hydrogen) atoms. The highest BCUT2D eigenvalue weighted by molar-refractivity contribution is 7.09. The third-order valence-corrected chi connectivity index (χ3v) is 4.82. The van der Waals surface area contributed by atoms with Gasteiger partial charge in [-0.25, -0.2) is 9.78 Å². The van der Waals surface area contributed by atoms with Crippen LogP contribution in [0.1, 0.15) is 22.7 Å². The van der Waals surface area contributed by atoms with Crippen molar-refractivity contribution in [2.75, 3.05) is 19.8 Å². The molecule has 0 aromatic carbocycles. The first kappa shape index (κ1) is 22.3. The molecule has 0 aliphatic carbocycles. The smallest absolute Gasteiger partial charge is 0.475 e. The van der Waals surface area contributed by atoms with Crippen LogP contribution in [0.5, 0.6) is 0 Å². The number of carboxylic acids is 1. The number of thiophene rings is 1. The van der Waals surface area contributed by atoms with Crippen molar-refractivity contribution in [1.82, 2.24) is 14.5 Å². The number of aliphatic hydroxyl groups excluding tert-OH is 1. The molecule has 0 radical (unpaired) electrons. The molecular formula is C17H22F3N3O4S. The summed E-state index contributed by atoms with van der Waals surface area (Å²) in [6, 6.07) is 4.30. The fourth-order valence-corrected chi connectivity index (χ4v) is 3.44. The fraction of sp³-hybridized carbons (Fsp3) is 0.529. The minimum Gasteiger partial charge on any atom is -0.475 e. The molecule has 1 aliphatic heterocycles. The number of carboxylic acid groups (broad SMARTS) is 1. The van der Waals surface area contributed by atoms with Gasteiger partial charge >= 0.3 is 12.1 Å². The summed E-state index contributed by atoms with van der Waals surface area (Å²) in [4.78, 5) is 17.2. The monoisotopic (exact) mass is 421 g/mol. The Hall–Kier alpha value is -1.95. The number of halogens is 3. The number of imidazole rings is 1. The van der Waals surface area contributed by atoms with Crippen LogP contribution in [0.2, 0.25) is 0 Å². The SMILES string of the molecule is O=C(O)C(F)(F)F.OCCOCc1ncn2c1CN(Cc1cccs1)CCC2. The van der Waals surface area contributed by atoms with Crippen LogP contribution in [0.15, 0.2) is 23.8 Å². The summed E-state index contributed by atoms with van der Waals surface area (Å²) in [5, 5.41) is 18.1. The second-order valence-corrected chi connectivity index (χ2v) is 7.09. The van der Waals surface area contributed by atoms with Crippen LogP contribution in [0.3, 0.4) is 0 Å². The van der Waals surface area contributed by atoms with E-state index >= 15 is 0 Å². The summed E-state index contributed by atoms with van der Waals surface area (Å²) >= 11 is 1.81. The summed E-state index contributed by atoms with van der Waals surface area (Å²) in [6.45, 7) is 4.94. The van der Waals surface area contributed by atoms with Gasteiger partial charge in [0.2, 0.25) is 0 Å². The first-order chi connectivity index (χ1) is 13.3. The lowest BCUT2D eigenvalue weighted by atomic mass is 10.3. The standard InChI is InChI=1S/C15H21N3O2S.C2HF3O2/c19-6-7-20-11-14-15-10-17(9-13-3-1-8-21-13)4-2-5-18(15)12-16-14;3-2(4,5)1(6)7/h1,3,8,12,19H,2,4-7,9-11H2;(H,6,7). The Morgan fingerprint density at radius 1 is 1.36 bits per heavy atom. The zero-order chi connectivity index (χ0) is 20.6. The van der Waals surface area contributed by atoms with E-state index in [9.17, 15) is 13.2 Å². The van der Waals surface area contributed by atoms with Gasteiger partial charge in [-0.1, -0.05) is 6.07 Å². The van der Waals surface area contributed by atoms with E-state index < -0.39 is 12.1 Å². The van der Waals surface area contributed by atoms with Crippen LogP contribution >= 0.6 is 11.3 Å². The van der Waals surface area contributed by atoms with Crippen molar-refractivity contribution in [3.8, 4) is 0 Å². The number of aliphatic hydroxyl groups is 1. The highest BCUT2D eigenvalue weighted by Crippen LogP contribution is 2.20. The second-order valence-electron chi connectivity index (χ2n) is 6.05. The Bertz CT molecular complexity index is 735. The number of carbonyl (C=O) groups is 1. The highest BCUT2D eigenvalue weighted by Gasteiger charge is 2.38. The van der Waals surface area contributed by atoms with Gasteiger partial charge in [-0.15, -0.1) is 11.3 Å². The Balaban J connectivity index is 0.000000345. The molecule has 0 unspecified atom stereocenters. The van der Waals surface area contributed by atoms with Gasteiger partial charge in [0.15, 0.2) is 0 Å². The van der Waals surface area contributed by atoms with Crippen molar-refractivity contribution in [2.45, 2.75) is 38.8 Å². The van der Waals surface area contributed by atoms with Crippen molar-refractivity contribution < 1.29 is 32.9 Å². The van der Waals surface area contributed by atoms with Crippen molar-refractivity contribution >= 4 is 17.3 Å². The predicted octanol–water partition coefficient (Wildman–Crippen LogP) is 2.49. The Morgan fingerprint density at radius 2 is 2.11 bits per heavy atom. The molecule has 11 heteroatoms. The van der Waals surface area contributed by atoms with Crippen LogP contribution in [-0.4, -0.2) is 56.6 Å². The quantitative estimate of drug-likeness (QED) is 0.697. The summed E-state index contributed by atoms with van der Waals surface area (Å²) in [5.41, 5.74) is 2.25. The summed E-state index contributed by atoms with van der Waals surface area (Å²) in [5.74, 6) is -2.76. The predicted molar refractivity (Wildman–Crippen MR) is 95.7 cm³/mol. The molecule has 3 heterocycles. The number of ether oxygens (including phenoxy) is 1. The van der Waals surface area contributed by atoms with Gasteiger partial charge < -0.3 is 19.5 Å². The van der Waals surface area contributed by atoms with Crippen LogP contribution in [0.4, 0.5) is 13.2 Å². The lowest BCUT2D eigenvalue weighted by Crippen LogP contribution is -2.23. The number of hydrogen-bond donors (Lipinski definition) is 2. The molecule has 3 rings (SSSR count). The van der Waals surface area contributed by atoms with Crippen molar-refractivity contribution in [1.29, 1.82) is 0 Å². The van der Waals surface area contributed by atoms with Gasteiger partial charge in [-0.2, -0.15) is 13.2 Å². The molecule has 0 bridgehead atoms. The first-order valence-corrected chi connectivity index (χ1v) is 9.45. The average Bonchev–Trinajstić information content (AvgIpc) is 3.21. The maximum Gasteiger partial charge on any atom is 0.490 e. The number of aliphatic carboxylic acids is 1. The van der Waals surface area contributed by atoms with E-state index in [1.54, 1.807) is 0 Å². The van der Waals surface area contributed by atoms with Crippen molar-refractivity contribution in [3.63, 3.8) is 0 Å². The third kappa shape index (κ3) is 6.89. The van der Waals surface area contributed by atoms with Crippen LogP contribution in [0, 0.1) is 0 Å². The van der Waals surface area contributed by atoms with Crippen LogP contribution < -0.4 is 0 Å². The molecule has 0 saturated heterocycles. The average molecular weight is 421 g/mol. The molecule has 2 aromatic rings. The molecule has 0 fully saturated rings. The fourth-order valence-electron chi connectivity index (χ4n) is 2.69. The van der Waals surface area contributed by atoms with Crippen LogP contribution in [0.25, 0.3) is 0 Å². The van der Waals surface area contributed by atoms with Gasteiger partial charge in [0.25, 0.3) is 0 Å². The number of alkyl halides is 3. The van der Waals surface area contributed by atoms with E-state index in [1.165, 1.54) is 10.6 Å². The van der Waals surface area contributed by atoms with E-state index in [-0.39, 0.29) is 6.61 Å². The van der Waals surface area contributed by atoms with Gasteiger partial charge in [-0.3, -0.25) is 4.90 Å². The molecule has 7 nitrogen and oxygen atoms in total. The number of rotatable bonds is 6.